The number of pyridine rings is 1. The summed E-state index contributed by atoms with van der Waals surface area (Å²) in [7, 11) is 0. The van der Waals surface area contributed by atoms with Crippen molar-refractivity contribution in [1.82, 2.24) is 30.5 Å². The smallest absolute Gasteiger partial charge is 0.315 e. The van der Waals surface area contributed by atoms with Gasteiger partial charge in [0.05, 0.1) is 6.54 Å². The molecular weight excluding hydrogens is 430 g/mol. The summed E-state index contributed by atoms with van der Waals surface area (Å²) in [6, 6.07) is 17.5. The molecule has 0 bridgehead atoms. The zero-order valence-corrected chi connectivity index (χ0v) is 19.4. The Morgan fingerprint density at radius 3 is 2.47 bits per heavy atom. The van der Waals surface area contributed by atoms with Crippen LogP contribution in [0.15, 0.2) is 54.6 Å². The number of benzene rings is 2. The van der Waals surface area contributed by atoms with Crippen LogP contribution in [-0.4, -0.2) is 43.1 Å². The van der Waals surface area contributed by atoms with Crippen molar-refractivity contribution in [2.45, 2.75) is 33.9 Å². The second kappa shape index (κ2) is 10.1. The third-order valence-corrected chi connectivity index (χ3v) is 5.63. The highest BCUT2D eigenvalue weighted by Crippen LogP contribution is 2.30. The van der Waals surface area contributed by atoms with E-state index in [0.717, 1.165) is 39.2 Å². The Hall–Kier alpha value is -4.27. The molecule has 0 aliphatic heterocycles. The highest BCUT2D eigenvalue weighted by molar-refractivity contribution is 5.80. The van der Waals surface area contributed by atoms with E-state index in [0.29, 0.717) is 31.3 Å². The second-order valence-corrected chi connectivity index (χ2v) is 7.94. The molecule has 0 aliphatic rings. The number of rotatable bonds is 8. The van der Waals surface area contributed by atoms with E-state index >= 15 is 0 Å². The zero-order chi connectivity index (χ0) is 24.1. The summed E-state index contributed by atoms with van der Waals surface area (Å²) in [4.78, 5) is 17.8. The van der Waals surface area contributed by atoms with Gasteiger partial charge in [-0.05, 0) is 42.7 Å². The average Bonchev–Trinajstić information content (AvgIpc) is 3.37. The number of tetrazole rings is 1. The summed E-state index contributed by atoms with van der Waals surface area (Å²) in [6.07, 6.45) is 0. The number of amides is 2. The third-order valence-electron chi connectivity index (χ3n) is 5.63. The molecule has 2 heterocycles. The van der Waals surface area contributed by atoms with Crippen LogP contribution in [-0.2, 0) is 13.2 Å². The molecule has 4 rings (SSSR count). The van der Waals surface area contributed by atoms with E-state index in [9.17, 15) is 4.79 Å². The molecule has 0 spiro atoms. The van der Waals surface area contributed by atoms with E-state index < -0.39 is 6.03 Å². The van der Waals surface area contributed by atoms with E-state index in [1.54, 1.807) is 4.90 Å². The van der Waals surface area contributed by atoms with Crippen LogP contribution in [0.2, 0.25) is 0 Å². The van der Waals surface area contributed by atoms with Crippen molar-refractivity contribution >= 4 is 6.03 Å². The molecule has 2 aromatic carbocycles. The van der Waals surface area contributed by atoms with Crippen LogP contribution in [0, 0.1) is 13.8 Å². The Kier molecular flexibility index (Phi) is 6.82. The number of aromatic nitrogens is 5. The lowest BCUT2D eigenvalue weighted by Crippen LogP contribution is -2.35. The number of aromatic amines is 1. The number of hydrogen-bond donors (Lipinski definition) is 2. The lowest BCUT2D eigenvalue weighted by atomic mass is 9.98. The lowest BCUT2D eigenvalue weighted by Gasteiger charge is -2.22. The molecule has 0 saturated heterocycles. The highest BCUT2D eigenvalue weighted by Gasteiger charge is 2.16. The van der Waals surface area contributed by atoms with Gasteiger partial charge in [-0.15, -0.1) is 10.2 Å². The SMILES string of the molecule is CCN(Cc1c(OCc2ccc(-c3ccccc3-c3nn[nH]n3)cc2)cc(C)nc1C)C(N)=O. The van der Waals surface area contributed by atoms with E-state index in [-0.39, 0.29) is 0 Å². The Morgan fingerprint density at radius 1 is 1.09 bits per heavy atom. The molecule has 34 heavy (non-hydrogen) atoms. The minimum absolute atomic E-state index is 0.353. The van der Waals surface area contributed by atoms with Crippen molar-refractivity contribution in [2.75, 3.05) is 6.54 Å². The summed E-state index contributed by atoms with van der Waals surface area (Å²) in [6.45, 7) is 6.97. The molecule has 3 N–H and O–H groups in total. The van der Waals surface area contributed by atoms with Crippen molar-refractivity contribution < 1.29 is 9.53 Å². The number of primary amides is 1. The Labute approximate surface area is 198 Å². The topological polar surface area (TPSA) is 123 Å². The summed E-state index contributed by atoms with van der Waals surface area (Å²) in [5.41, 5.74) is 12.0. The maximum Gasteiger partial charge on any atom is 0.315 e. The van der Waals surface area contributed by atoms with Crippen LogP contribution < -0.4 is 10.5 Å². The average molecular weight is 458 g/mol. The number of hydrogen-bond acceptors (Lipinski definition) is 6. The molecule has 9 heteroatoms. The van der Waals surface area contributed by atoms with Gasteiger partial charge in [-0.2, -0.15) is 5.21 Å². The van der Waals surface area contributed by atoms with Gasteiger partial charge in [0.25, 0.3) is 0 Å². The van der Waals surface area contributed by atoms with Gasteiger partial charge < -0.3 is 15.4 Å². The fraction of sp³-hybridized carbons (Fsp3) is 0.240. The van der Waals surface area contributed by atoms with Gasteiger partial charge in [0.2, 0.25) is 5.82 Å². The Balaban J connectivity index is 1.54. The van der Waals surface area contributed by atoms with Crippen LogP contribution in [0.1, 0.15) is 29.4 Å². The maximum atomic E-state index is 11.7. The van der Waals surface area contributed by atoms with Gasteiger partial charge in [0, 0.05) is 35.1 Å². The minimum atomic E-state index is -0.467. The van der Waals surface area contributed by atoms with Gasteiger partial charge >= 0.3 is 6.03 Å². The second-order valence-electron chi connectivity index (χ2n) is 7.94. The standard InChI is InChI=1S/C25H27N7O2/c1-4-32(25(26)33)14-22-17(3)27-16(2)13-23(22)34-15-18-9-11-19(12-10-18)20-7-5-6-8-21(20)24-28-30-31-29-24/h5-13H,4,14-15H2,1-3H3,(H2,26,33)(H,28,29,30,31). The number of nitrogens with two attached hydrogens (primary N) is 1. The number of H-pyrrole nitrogens is 1. The number of ether oxygens (including phenoxy) is 1. The predicted molar refractivity (Wildman–Crippen MR) is 129 cm³/mol. The van der Waals surface area contributed by atoms with Gasteiger partial charge in [-0.3, -0.25) is 4.98 Å². The maximum absolute atomic E-state index is 11.7. The van der Waals surface area contributed by atoms with Gasteiger partial charge in [0.1, 0.15) is 12.4 Å². The van der Waals surface area contributed by atoms with Crippen molar-refractivity contribution in [3.8, 4) is 28.3 Å². The monoisotopic (exact) mass is 457 g/mol. The number of nitrogens with zero attached hydrogens (tertiary/aromatic N) is 5. The first-order valence-corrected chi connectivity index (χ1v) is 11.0. The zero-order valence-electron chi connectivity index (χ0n) is 19.4. The molecule has 0 aliphatic carbocycles. The largest absolute Gasteiger partial charge is 0.488 e. The van der Waals surface area contributed by atoms with Crippen LogP contribution in [0.3, 0.4) is 0 Å². The van der Waals surface area contributed by atoms with Gasteiger partial charge in [0.15, 0.2) is 0 Å². The van der Waals surface area contributed by atoms with E-state index in [1.807, 2.05) is 75.4 Å². The van der Waals surface area contributed by atoms with Crippen LogP contribution in [0.25, 0.3) is 22.5 Å². The predicted octanol–water partition coefficient (Wildman–Crippen LogP) is 4.03. The molecule has 0 saturated carbocycles. The van der Waals surface area contributed by atoms with Crippen LogP contribution in [0.5, 0.6) is 5.75 Å². The molecule has 0 unspecified atom stereocenters. The highest BCUT2D eigenvalue weighted by atomic mass is 16.5. The molecule has 2 aromatic heterocycles. The van der Waals surface area contributed by atoms with Crippen molar-refractivity contribution in [1.29, 1.82) is 0 Å². The normalized spacial score (nSPS) is 10.8. The first kappa shape index (κ1) is 22.9. The summed E-state index contributed by atoms with van der Waals surface area (Å²) in [5, 5.41) is 14.4. The van der Waals surface area contributed by atoms with Crippen molar-refractivity contribution in [3.05, 3.63) is 77.1 Å². The first-order chi connectivity index (χ1) is 16.5. The molecule has 9 nitrogen and oxygen atoms in total. The Bertz CT molecular complexity index is 1270. The van der Waals surface area contributed by atoms with Gasteiger partial charge in [-0.25, -0.2) is 4.79 Å². The number of carbonyl (C=O) groups excluding carboxylic acids is 1. The molecule has 0 fully saturated rings. The quantitative estimate of drug-likeness (QED) is 0.412. The first-order valence-electron chi connectivity index (χ1n) is 11.0. The fourth-order valence-electron chi connectivity index (χ4n) is 3.82. The minimum Gasteiger partial charge on any atom is -0.488 e. The molecular formula is C25H27N7O2. The van der Waals surface area contributed by atoms with E-state index in [1.165, 1.54) is 0 Å². The molecule has 4 aromatic rings. The molecule has 174 valence electrons. The van der Waals surface area contributed by atoms with E-state index in [4.69, 9.17) is 10.5 Å². The molecule has 2 amide bonds. The molecule has 0 atom stereocenters. The lowest BCUT2D eigenvalue weighted by molar-refractivity contribution is 0.206. The molecule has 0 radical (unpaired) electrons. The Morgan fingerprint density at radius 2 is 1.82 bits per heavy atom. The summed E-state index contributed by atoms with van der Waals surface area (Å²) in [5.74, 6) is 1.26. The van der Waals surface area contributed by atoms with Crippen molar-refractivity contribution in [3.63, 3.8) is 0 Å². The summed E-state index contributed by atoms with van der Waals surface area (Å²) >= 11 is 0. The third kappa shape index (κ3) is 5.03. The number of urea groups is 1. The van der Waals surface area contributed by atoms with Gasteiger partial charge in [-0.1, -0.05) is 48.5 Å². The summed E-state index contributed by atoms with van der Waals surface area (Å²) < 4.78 is 6.19. The fourth-order valence-corrected chi connectivity index (χ4v) is 3.82. The van der Waals surface area contributed by atoms with E-state index in [2.05, 4.69) is 25.6 Å². The van der Waals surface area contributed by atoms with Crippen LogP contribution in [0.4, 0.5) is 4.79 Å². The van der Waals surface area contributed by atoms with Crippen molar-refractivity contribution in [2.24, 2.45) is 5.73 Å². The van der Waals surface area contributed by atoms with Crippen LogP contribution >= 0.6 is 0 Å². The number of nitrogens with one attached hydrogen (secondary N) is 1. The number of carbonyl (C=O) groups is 1. The number of aryl methyl sites for hydroxylation is 2.